The van der Waals surface area contributed by atoms with Crippen LogP contribution in [-0.2, 0) is 5.41 Å². The second kappa shape index (κ2) is 12.4. The normalized spacial score (nSPS) is 13.2. The van der Waals surface area contributed by atoms with Gasteiger partial charge in [0.15, 0.2) is 0 Å². The van der Waals surface area contributed by atoms with Gasteiger partial charge >= 0.3 is 0 Å². The average Bonchev–Trinajstić information content (AvgIpc) is 3.45. The number of benzene rings is 7. The maximum atomic E-state index is 4.16. The first-order valence-electron chi connectivity index (χ1n) is 18.0. The predicted molar refractivity (Wildman–Crippen MR) is 225 cm³/mol. The summed E-state index contributed by atoms with van der Waals surface area (Å²) in [5, 5.41) is 7.13. The lowest BCUT2D eigenvalue weighted by atomic mass is 9.82. The van der Waals surface area contributed by atoms with Gasteiger partial charge in [0.05, 0.1) is 16.7 Å². The predicted octanol–water partition coefficient (Wildman–Crippen LogP) is 13.9. The zero-order valence-corrected chi connectivity index (χ0v) is 29.6. The number of hydrogen-bond donors (Lipinski definition) is 0. The Kier molecular flexibility index (Phi) is 7.52. The summed E-state index contributed by atoms with van der Waals surface area (Å²) in [6.45, 7) is 12.9. The molecule has 1 heterocycles. The maximum absolute atomic E-state index is 4.16. The zero-order valence-electron chi connectivity index (χ0n) is 29.6. The van der Waals surface area contributed by atoms with Crippen LogP contribution in [0.3, 0.4) is 0 Å². The van der Waals surface area contributed by atoms with E-state index < -0.39 is 0 Å². The van der Waals surface area contributed by atoms with Crippen molar-refractivity contribution in [2.75, 3.05) is 0 Å². The van der Waals surface area contributed by atoms with Crippen LogP contribution < -0.4 is 0 Å². The molecule has 1 nitrogen and oxygen atoms in total. The van der Waals surface area contributed by atoms with E-state index in [-0.39, 0.29) is 5.41 Å². The molecular weight excluding hydrogens is 627 g/mol. The maximum Gasteiger partial charge on any atom is 0.0543 e. The molecule has 1 aromatic heterocycles. The van der Waals surface area contributed by atoms with E-state index in [2.05, 4.69) is 189 Å². The minimum Gasteiger partial charge on any atom is -0.309 e. The monoisotopic (exact) mass is 665 g/mol. The molecule has 248 valence electrons. The van der Waals surface area contributed by atoms with Crippen LogP contribution in [0.25, 0.3) is 76.9 Å². The minimum absolute atomic E-state index is 0.137. The highest BCUT2D eigenvalue weighted by Gasteiger charge is 2.37. The molecule has 8 aromatic rings. The van der Waals surface area contributed by atoms with Crippen LogP contribution in [0.1, 0.15) is 30.5 Å². The van der Waals surface area contributed by atoms with Crippen LogP contribution in [0.5, 0.6) is 0 Å². The van der Waals surface area contributed by atoms with Crippen LogP contribution >= 0.6 is 0 Å². The fourth-order valence-corrected chi connectivity index (χ4v) is 8.51. The standard InChI is InChI=1S/C51H39N/c1-5-17-34(6-2)36-28-30-47-43(32-36)40-22-12-10-20-38(40)39-21-11-13-23-41(39)44-33-37(35-18-8-7-9-19-35)29-31-48(44)52(47)49-27-16-26-46-50(49)42-24-14-15-25-45(42)51(46,3)4/h5-33H,1-2H2,3-4H3/b34-17+. The van der Waals surface area contributed by atoms with Gasteiger partial charge in [-0.3, -0.25) is 0 Å². The molecule has 0 spiro atoms. The number of aromatic nitrogens is 1. The zero-order chi connectivity index (χ0) is 35.4. The summed E-state index contributed by atoms with van der Waals surface area (Å²) in [7, 11) is 0. The van der Waals surface area contributed by atoms with E-state index in [1.165, 1.54) is 66.0 Å². The van der Waals surface area contributed by atoms with E-state index in [1.54, 1.807) is 0 Å². The molecule has 0 saturated carbocycles. The van der Waals surface area contributed by atoms with Crippen LogP contribution in [0.15, 0.2) is 189 Å². The van der Waals surface area contributed by atoms with E-state index in [0.29, 0.717) is 0 Å². The Morgan fingerprint density at radius 1 is 0.519 bits per heavy atom. The fraction of sp³-hybridized carbons (Fsp3) is 0.0588. The highest BCUT2D eigenvalue weighted by molar-refractivity contribution is 6.20. The van der Waals surface area contributed by atoms with Crippen molar-refractivity contribution < 1.29 is 0 Å². The molecule has 0 amide bonds. The number of rotatable bonds is 5. The molecule has 0 atom stereocenters. The van der Waals surface area contributed by atoms with Gasteiger partial charge in [-0.2, -0.15) is 0 Å². The van der Waals surface area contributed by atoms with E-state index in [0.717, 1.165) is 27.6 Å². The highest BCUT2D eigenvalue weighted by atomic mass is 15.0. The Morgan fingerprint density at radius 2 is 1.10 bits per heavy atom. The first-order chi connectivity index (χ1) is 25.5. The van der Waals surface area contributed by atoms with E-state index >= 15 is 0 Å². The summed E-state index contributed by atoms with van der Waals surface area (Å²) in [4.78, 5) is 0. The third-order valence-electron chi connectivity index (χ3n) is 11.0. The van der Waals surface area contributed by atoms with Gasteiger partial charge in [-0.25, -0.2) is 0 Å². The molecule has 52 heavy (non-hydrogen) atoms. The van der Waals surface area contributed by atoms with E-state index in [9.17, 15) is 0 Å². The largest absolute Gasteiger partial charge is 0.309 e. The number of fused-ring (bicyclic) bond motifs is 10. The van der Waals surface area contributed by atoms with Gasteiger partial charge in [0, 0.05) is 21.8 Å². The lowest BCUT2D eigenvalue weighted by Gasteiger charge is -2.22. The number of nitrogens with zero attached hydrogens (tertiary/aromatic N) is 1. The summed E-state index contributed by atoms with van der Waals surface area (Å²) in [5.74, 6) is 0. The summed E-state index contributed by atoms with van der Waals surface area (Å²) in [5.41, 5.74) is 13.1. The molecule has 0 N–H and O–H groups in total. The molecule has 0 radical (unpaired) electrons. The molecule has 0 bridgehead atoms. The molecular formula is C51H39N. The lowest BCUT2D eigenvalue weighted by molar-refractivity contribution is 0.660. The summed E-state index contributed by atoms with van der Waals surface area (Å²) < 4.78 is 2.53. The first kappa shape index (κ1) is 31.5. The van der Waals surface area contributed by atoms with Gasteiger partial charge in [0.25, 0.3) is 0 Å². The Hall–Kier alpha value is -6.44. The summed E-state index contributed by atoms with van der Waals surface area (Å²) in [6, 6.07) is 58.2. The Balaban J connectivity index is 1.59. The second-order valence-electron chi connectivity index (χ2n) is 14.2. The van der Waals surface area contributed by atoms with Gasteiger partial charge in [0.2, 0.25) is 0 Å². The Labute approximate surface area is 305 Å². The quantitative estimate of drug-likeness (QED) is 0.161. The summed E-state index contributed by atoms with van der Waals surface area (Å²) in [6.07, 6.45) is 5.79. The van der Waals surface area contributed by atoms with Gasteiger partial charge in [-0.1, -0.05) is 173 Å². The summed E-state index contributed by atoms with van der Waals surface area (Å²) >= 11 is 0. The fourth-order valence-electron chi connectivity index (χ4n) is 8.51. The smallest absolute Gasteiger partial charge is 0.0543 e. The molecule has 9 rings (SSSR count). The van der Waals surface area contributed by atoms with Crippen molar-refractivity contribution in [1.29, 1.82) is 0 Å². The van der Waals surface area contributed by atoms with Gasteiger partial charge in [-0.15, -0.1) is 0 Å². The third kappa shape index (κ3) is 4.85. The van der Waals surface area contributed by atoms with Crippen molar-refractivity contribution in [3.63, 3.8) is 0 Å². The first-order valence-corrected chi connectivity index (χ1v) is 18.0. The van der Waals surface area contributed by atoms with Crippen LogP contribution in [0.4, 0.5) is 0 Å². The average molecular weight is 666 g/mol. The second-order valence-corrected chi connectivity index (χ2v) is 14.2. The Bertz CT molecular complexity index is 2840. The van der Waals surface area contributed by atoms with Crippen molar-refractivity contribution in [3.8, 4) is 27.9 Å². The van der Waals surface area contributed by atoms with Crippen molar-refractivity contribution in [3.05, 3.63) is 206 Å². The molecule has 0 unspecified atom stereocenters. The van der Waals surface area contributed by atoms with Crippen molar-refractivity contribution in [1.82, 2.24) is 4.57 Å². The molecule has 1 aliphatic carbocycles. The lowest BCUT2D eigenvalue weighted by Crippen LogP contribution is -2.15. The van der Waals surface area contributed by atoms with Gasteiger partial charge < -0.3 is 4.57 Å². The third-order valence-corrected chi connectivity index (χ3v) is 11.0. The van der Waals surface area contributed by atoms with Crippen molar-refractivity contribution in [2.45, 2.75) is 19.3 Å². The van der Waals surface area contributed by atoms with Gasteiger partial charge in [0.1, 0.15) is 0 Å². The topological polar surface area (TPSA) is 4.93 Å². The highest BCUT2D eigenvalue weighted by Crippen LogP contribution is 2.51. The molecule has 0 aliphatic heterocycles. The molecule has 0 saturated heterocycles. The molecule has 7 aromatic carbocycles. The van der Waals surface area contributed by atoms with Crippen molar-refractivity contribution in [2.24, 2.45) is 0 Å². The van der Waals surface area contributed by atoms with Crippen LogP contribution in [0, 0.1) is 0 Å². The minimum atomic E-state index is -0.137. The van der Waals surface area contributed by atoms with Crippen molar-refractivity contribution >= 4 is 48.9 Å². The van der Waals surface area contributed by atoms with E-state index in [4.69, 9.17) is 0 Å². The number of hydrogen-bond acceptors (Lipinski definition) is 0. The molecule has 1 heteroatoms. The van der Waals surface area contributed by atoms with Crippen LogP contribution in [-0.4, -0.2) is 4.57 Å². The SMILES string of the molecule is C=C/C=C(\C=C)c1ccc2c(c1)c1ccccc1c1ccccc1c1cc(-c3ccccc3)ccc1n2-c1cccc2c1-c1ccccc1C2(C)C. The van der Waals surface area contributed by atoms with E-state index in [1.807, 2.05) is 18.2 Å². The molecule has 1 aliphatic rings. The van der Waals surface area contributed by atoms with Crippen LogP contribution in [0.2, 0.25) is 0 Å². The molecule has 0 fully saturated rings. The Morgan fingerprint density at radius 3 is 1.77 bits per heavy atom. The number of allylic oxidation sites excluding steroid dienone is 4. The van der Waals surface area contributed by atoms with Gasteiger partial charge in [-0.05, 0) is 90.8 Å².